The predicted octanol–water partition coefficient (Wildman–Crippen LogP) is 3.07. The maximum Gasteiger partial charge on any atom is 0.343 e. The molecule has 7 heteroatoms. The van der Waals surface area contributed by atoms with Gasteiger partial charge in [-0.05, 0) is 24.5 Å². The summed E-state index contributed by atoms with van der Waals surface area (Å²) in [5, 5.41) is 1.00. The number of para-hydroxylation sites is 1. The Labute approximate surface area is 168 Å². The molecule has 4 rings (SSSR count). The molecule has 2 N–H and O–H groups in total. The van der Waals surface area contributed by atoms with Gasteiger partial charge < -0.3 is 19.8 Å². The van der Waals surface area contributed by atoms with Crippen LogP contribution in [-0.2, 0) is 22.5 Å². The molecule has 0 unspecified atom stereocenters. The number of benzene rings is 2. The van der Waals surface area contributed by atoms with Crippen molar-refractivity contribution in [3.8, 4) is 5.75 Å². The summed E-state index contributed by atoms with van der Waals surface area (Å²) in [5.74, 6) is 0.922. The molecule has 0 atom stereocenters. The second kappa shape index (κ2) is 7.87. The van der Waals surface area contributed by atoms with E-state index in [2.05, 4.69) is 4.57 Å². The van der Waals surface area contributed by atoms with Crippen molar-refractivity contribution in [1.29, 1.82) is 0 Å². The molecule has 0 saturated carbocycles. The van der Waals surface area contributed by atoms with Gasteiger partial charge in [0.1, 0.15) is 11.6 Å². The van der Waals surface area contributed by atoms with Crippen LogP contribution in [0.25, 0.3) is 10.9 Å². The first-order valence-corrected chi connectivity index (χ1v) is 9.54. The van der Waals surface area contributed by atoms with E-state index in [1.807, 2.05) is 48.5 Å². The highest BCUT2D eigenvalue weighted by molar-refractivity contribution is 6.00. The smallest absolute Gasteiger partial charge is 0.343 e. The largest absolute Gasteiger partial charge is 0.480 e. The van der Waals surface area contributed by atoms with Crippen LogP contribution in [0.1, 0.15) is 17.5 Å². The van der Waals surface area contributed by atoms with Gasteiger partial charge in [-0.25, -0.2) is 9.59 Å². The summed E-state index contributed by atoms with van der Waals surface area (Å²) in [7, 11) is 1.33. The fourth-order valence-corrected chi connectivity index (χ4v) is 3.96. The molecular weight excluding hydrogens is 370 g/mol. The van der Waals surface area contributed by atoms with E-state index < -0.39 is 12.0 Å². The van der Waals surface area contributed by atoms with Gasteiger partial charge in [0.25, 0.3) is 0 Å². The zero-order valence-electron chi connectivity index (χ0n) is 16.3. The van der Waals surface area contributed by atoms with Crippen molar-refractivity contribution in [1.82, 2.24) is 4.57 Å². The molecule has 1 aromatic heterocycles. The number of nitrogens with zero attached hydrogens (tertiary/aromatic N) is 2. The molecule has 0 radical (unpaired) electrons. The Hall–Kier alpha value is -3.48. The summed E-state index contributed by atoms with van der Waals surface area (Å²) >= 11 is 0. The minimum Gasteiger partial charge on any atom is -0.480 e. The van der Waals surface area contributed by atoms with E-state index in [9.17, 15) is 9.59 Å². The number of methoxy groups -OCH3 is 1. The summed E-state index contributed by atoms with van der Waals surface area (Å²) in [5.41, 5.74) is 8.71. The second-order valence-electron chi connectivity index (χ2n) is 6.98. The lowest BCUT2D eigenvalue weighted by molar-refractivity contribution is -0.142. The van der Waals surface area contributed by atoms with Crippen molar-refractivity contribution >= 4 is 28.7 Å². The lowest BCUT2D eigenvalue weighted by Gasteiger charge is -2.28. The number of carbonyl (C=O) groups excluding carboxylic acids is 2. The number of nitrogens with two attached hydrogens (primary N) is 1. The summed E-state index contributed by atoms with van der Waals surface area (Å²) in [6.07, 6.45) is 1.69. The number of aromatic nitrogens is 1. The molecule has 3 aromatic rings. The van der Waals surface area contributed by atoms with Crippen molar-refractivity contribution in [2.24, 2.45) is 5.73 Å². The van der Waals surface area contributed by atoms with E-state index >= 15 is 0 Å². The number of hydrogen-bond acceptors (Lipinski definition) is 4. The Kier molecular flexibility index (Phi) is 5.12. The van der Waals surface area contributed by atoms with Gasteiger partial charge in [0.05, 0.1) is 12.6 Å². The van der Waals surface area contributed by atoms with Crippen LogP contribution in [0.2, 0.25) is 0 Å². The lowest BCUT2D eigenvalue weighted by atomic mass is 10.0. The fourth-order valence-electron chi connectivity index (χ4n) is 3.96. The van der Waals surface area contributed by atoms with Gasteiger partial charge in [0.2, 0.25) is 0 Å². The summed E-state index contributed by atoms with van der Waals surface area (Å²) < 4.78 is 12.6. The second-order valence-corrected chi connectivity index (χ2v) is 6.98. The zero-order chi connectivity index (χ0) is 20.4. The summed E-state index contributed by atoms with van der Waals surface area (Å²) in [6, 6.07) is 15.3. The van der Waals surface area contributed by atoms with Gasteiger partial charge in [-0.2, -0.15) is 0 Å². The van der Waals surface area contributed by atoms with Crippen LogP contribution in [-0.4, -0.2) is 36.8 Å². The lowest BCUT2D eigenvalue weighted by Crippen LogP contribution is -2.40. The Morgan fingerprint density at radius 2 is 1.90 bits per heavy atom. The van der Waals surface area contributed by atoms with E-state index in [4.69, 9.17) is 15.2 Å². The Morgan fingerprint density at radius 3 is 2.62 bits per heavy atom. The molecule has 2 heterocycles. The van der Waals surface area contributed by atoms with Crippen LogP contribution in [0.3, 0.4) is 0 Å². The van der Waals surface area contributed by atoms with Crippen molar-refractivity contribution in [2.45, 2.75) is 19.4 Å². The van der Waals surface area contributed by atoms with Crippen molar-refractivity contribution < 1.29 is 19.1 Å². The summed E-state index contributed by atoms with van der Waals surface area (Å²) in [6.45, 7) is 0.942. The molecule has 0 saturated heterocycles. The number of hydrogen-bond donors (Lipinski definition) is 1. The van der Waals surface area contributed by atoms with Gasteiger partial charge in [0.15, 0.2) is 6.61 Å². The first-order chi connectivity index (χ1) is 14.1. The maximum atomic E-state index is 12.2. The number of anilines is 1. The first-order valence-electron chi connectivity index (χ1n) is 9.54. The van der Waals surface area contributed by atoms with Gasteiger partial charge in [-0.15, -0.1) is 0 Å². The van der Waals surface area contributed by atoms with Crippen LogP contribution < -0.4 is 15.4 Å². The molecule has 1 aliphatic heterocycles. The zero-order valence-corrected chi connectivity index (χ0v) is 16.3. The van der Waals surface area contributed by atoms with Crippen LogP contribution in [0.5, 0.6) is 5.75 Å². The van der Waals surface area contributed by atoms with E-state index in [-0.39, 0.29) is 6.61 Å². The van der Waals surface area contributed by atoms with E-state index in [1.54, 1.807) is 4.90 Å². The number of urea groups is 1. The normalized spacial score (nSPS) is 13.2. The minimum absolute atomic E-state index is 0.184. The van der Waals surface area contributed by atoms with Crippen LogP contribution in [0.15, 0.2) is 48.5 Å². The molecule has 1 aliphatic rings. The third kappa shape index (κ3) is 3.51. The van der Waals surface area contributed by atoms with Crippen LogP contribution >= 0.6 is 0 Å². The molecule has 2 amide bonds. The molecule has 0 aliphatic carbocycles. The van der Waals surface area contributed by atoms with Gasteiger partial charge in [-0.1, -0.05) is 42.5 Å². The molecular formula is C22H23N3O4. The maximum absolute atomic E-state index is 12.2. The minimum atomic E-state index is -0.472. The SMILES string of the molecule is COC(=O)COc1cccc2c3c(n(Cc4ccccc4)c12)N(C(N)=O)CCC3. The average Bonchev–Trinajstić information content (AvgIpc) is 3.07. The molecule has 7 nitrogen and oxygen atoms in total. The van der Waals surface area contributed by atoms with Gasteiger partial charge in [-0.3, -0.25) is 4.90 Å². The highest BCUT2D eigenvalue weighted by Crippen LogP contribution is 2.41. The molecule has 29 heavy (non-hydrogen) atoms. The average molecular weight is 393 g/mol. The van der Waals surface area contributed by atoms with E-state index in [1.165, 1.54) is 7.11 Å². The van der Waals surface area contributed by atoms with E-state index in [0.29, 0.717) is 18.8 Å². The van der Waals surface area contributed by atoms with Crippen molar-refractivity contribution in [3.05, 3.63) is 59.7 Å². The summed E-state index contributed by atoms with van der Waals surface area (Å²) in [4.78, 5) is 25.4. The molecule has 0 spiro atoms. The van der Waals surface area contributed by atoms with Crippen molar-refractivity contribution in [3.63, 3.8) is 0 Å². The standard InChI is InChI=1S/C22H23N3O4/c1-28-19(26)14-29-18-11-5-9-16-17-10-6-12-24(22(23)27)21(17)25(20(16)18)13-15-7-3-2-4-8-15/h2-5,7-9,11H,6,10,12-14H2,1H3,(H2,23,27). The highest BCUT2D eigenvalue weighted by atomic mass is 16.6. The number of aryl methyl sites for hydroxylation is 1. The monoisotopic (exact) mass is 393 g/mol. The third-order valence-corrected chi connectivity index (χ3v) is 5.21. The molecule has 0 bridgehead atoms. The number of rotatable bonds is 5. The number of carbonyl (C=O) groups is 2. The molecule has 150 valence electrons. The third-order valence-electron chi connectivity index (χ3n) is 5.21. The van der Waals surface area contributed by atoms with Crippen LogP contribution in [0, 0.1) is 0 Å². The number of esters is 1. The predicted molar refractivity (Wildman–Crippen MR) is 110 cm³/mol. The van der Waals surface area contributed by atoms with Crippen LogP contribution in [0.4, 0.5) is 10.6 Å². The van der Waals surface area contributed by atoms with Crippen molar-refractivity contribution in [2.75, 3.05) is 25.2 Å². The Bertz CT molecular complexity index is 1060. The highest BCUT2D eigenvalue weighted by Gasteiger charge is 2.29. The molecule has 2 aromatic carbocycles. The van der Waals surface area contributed by atoms with E-state index in [0.717, 1.165) is 40.7 Å². The topological polar surface area (TPSA) is 86.8 Å². The fraction of sp³-hybridized carbons (Fsp3) is 0.273. The first kappa shape index (κ1) is 18.9. The number of ether oxygens (including phenoxy) is 2. The molecule has 0 fully saturated rings. The Morgan fingerprint density at radius 1 is 1.10 bits per heavy atom. The van der Waals surface area contributed by atoms with Gasteiger partial charge in [0, 0.05) is 24.0 Å². The van der Waals surface area contributed by atoms with Gasteiger partial charge >= 0.3 is 12.0 Å². The Balaban J connectivity index is 1.91. The number of primary amides is 1. The number of amides is 2. The number of fused-ring (bicyclic) bond motifs is 3. The quantitative estimate of drug-likeness (QED) is 0.675.